The van der Waals surface area contributed by atoms with Gasteiger partial charge >= 0.3 is 0 Å². The lowest BCUT2D eigenvalue weighted by atomic mass is 10.1. The fourth-order valence-corrected chi connectivity index (χ4v) is 1.30. The van der Waals surface area contributed by atoms with Crippen molar-refractivity contribution in [3.05, 3.63) is 35.4 Å². The fraction of sp³-hybridized carbons (Fsp3) is 0.500. The number of nitrogens with one attached hydrogen (secondary N) is 1. The van der Waals surface area contributed by atoms with E-state index in [-0.39, 0.29) is 0 Å². The van der Waals surface area contributed by atoms with Crippen molar-refractivity contribution in [1.29, 1.82) is 0 Å². The standard InChI is InChI=1S/C12H17F2N/c1-3-9(2)15-7-6-10-4-5-11(13)12(14)8-10/h4-5,8-9,15H,3,6-7H2,1-2H3. The zero-order valence-electron chi connectivity index (χ0n) is 9.19. The minimum Gasteiger partial charge on any atom is -0.314 e. The second kappa shape index (κ2) is 5.81. The Morgan fingerprint density at radius 1 is 1.27 bits per heavy atom. The molecule has 0 aliphatic heterocycles. The molecule has 0 fully saturated rings. The molecule has 1 atom stereocenters. The highest BCUT2D eigenvalue weighted by Crippen LogP contribution is 2.08. The van der Waals surface area contributed by atoms with Gasteiger partial charge in [0.1, 0.15) is 0 Å². The molecule has 1 rings (SSSR count). The summed E-state index contributed by atoms with van der Waals surface area (Å²) in [6, 6.07) is 4.52. The summed E-state index contributed by atoms with van der Waals surface area (Å²) in [6.45, 7) is 5.00. The number of rotatable bonds is 5. The van der Waals surface area contributed by atoms with E-state index < -0.39 is 11.6 Å². The Hall–Kier alpha value is -0.960. The van der Waals surface area contributed by atoms with Gasteiger partial charge in [-0.2, -0.15) is 0 Å². The van der Waals surface area contributed by atoms with Crippen LogP contribution in [-0.2, 0) is 6.42 Å². The highest BCUT2D eigenvalue weighted by molar-refractivity contribution is 5.18. The zero-order valence-corrected chi connectivity index (χ0v) is 9.19. The van der Waals surface area contributed by atoms with E-state index in [4.69, 9.17) is 0 Å². The van der Waals surface area contributed by atoms with Crippen molar-refractivity contribution in [2.75, 3.05) is 6.54 Å². The molecule has 0 spiro atoms. The maximum atomic E-state index is 12.8. The molecule has 1 aromatic carbocycles. The maximum Gasteiger partial charge on any atom is 0.159 e. The monoisotopic (exact) mass is 213 g/mol. The van der Waals surface area contributed by atoms with Crippen molar-refractivity contribution in [3.8, 4) is 0 Å². The molecule has 1 nitrogen and oxygen atoms in total. The van der Waals surface area contributed by atoms with E-state index in [1.165, 1.54) is 12.1 Å². The van der Waals surface area contributed by atoms with Crippen molar-refractivity contribution >= 4 is 0 Å². The van der Waals surface area contributed by atoms with Gasteiger partial charge in [-0.05, 0) is 44.0 Å². The summed E-state index contributed by atoms with van der Waals surface area (Å²) in [6.07, 6.45) is 1.79. The van der Waals surface area contributed by atoms with Gasteiger partial charge in [0.2, 0.25) is 0 Å². The molecule has 84 valence electrons. The van der Waals surface area contributed by atoms with Crippen LogP contribution in [0.3, 0.4) is 0 Å². The van der Waals surface area contributed by atoms with E-state index in [0.29, 0.717) is 6.04 Å². The van der Waals surface area contributed by atoms with Crippen LogP contribution in [0.15, 0.2) is 18.2 Å². The Morgan fingerprint density at radius 2 is 2.00 bits per heavy atom. The van der Waals surface area contributed by atoms with E-state index in [1.807, 2.05) is 0 Å². The molecule has 0 saturated heterocycles. The molecule has 1 aromatic rings. The van der Waals surface area contributed by atoms with Crippen LogP contribution >= 0.6 is 0 Å². The average Bonchev–Trinajstić information content (AvgIpc) is 2.23. The highest BCUT2D eigenvalue weighted by Gasteiger charge is 2.02. The second-order valence-corrected chi connectivity index (χ2v) is 3.76. The van der Waals surface area contributed by atoms with Gasteiger partial charge in [0.05, 0.1) is 0 Å². The third-order valence-corrected chi connectivity index (χ3v) is 2.50. The Balaban J connectivity index is 2.41. The van der Waals surface area contributed by atoms with Crippen LogP contribution in [0.2, 0.25) is 0 Å². The summed E-state index contributed by atoms with van der Waals surface area (Å²) in [5.41, 5.74) is 0.824. The summed E-state index contributed by atoms with van der Waals surface area (Å²) in [5, 5.41) is 3.30. The molecule has 0 aliphatic carbocycles. The lowest BCUT2D eigenvalue weighted by Gasteiger charge is -2.10. The van der Waals surface area contributed by atoms with Crippen molar-refractivity contribution in [1.82, 2.24) is 5.32 Å². The van der Waals surface area contributed by atoms with Crippen molar-refractivity contribution < 1.29 is 8.78 Å². The van der Waals surface area contributed by atoms with Gasteiger partial charge in [0.15, 0.2) is 11.6 Å². The van der Waals surface area contributed by atoms with Crippen molar-refractivity contribution in [2.45, 2.75) is 32.7 Å². The number of benzene rings is 1. The summed E-state index contributed by atoms with van der Waals surface area (Å²) in [7, 11) is 0. The van der Waals surface area contributed by atoms with Crippen LogP contribution in [0.5, 0.6) is 0 Å². The van der Waals surface area contributed by atoms with E-state index in [1.54, 1.807) is 6.07 Å². The minimum absolute atomic E-state index is 0.468. The topological polar surface area (TPSA) is 12.0 Å². The first-order chi connectivity index (χ1) is 7.13. The number of hydrogen-bond acceptors (Lipinski definition) is 1. The van der Waals surface area contributed by atoms with E-state index in [0.717, 1.165) is 24.9 Å². The summed E-state index contributed by atoms with van der Waals surface area (Å²) in [5.74, 6) is -1.55. The van der Waals surface area contributed by atoms with E-state index in [9.17, 15) is 8.78 Å². The minimum atomic E-state index is -0.784. The van der Waals surface area contributed by atoms with Gasteiger partial charge in [0.25, 0.3) is 0 Å². The molecule has 1 unspecified atom stereocenters. The number of hydrogen-bond donors (Lipinski definition) is 1. The predicted molar refractivity (Wildman–Crippen MR) is 57.8 cm³/mol. The average molecular weight is 213 g/mol. The molecule has 0 amide bonds. The predicted octanol–water partition coefficient (Wildman–Crippen LogP) is 2.90. The van der Waals surface area contributed by atoms with Gasteiger partial charge in [-0.15, -0.1) is 0 Å². The zero-order chi connectivity index (χ0) is 11.3. The van der Waals surface area contributed by atoms with Gasteiger partial charge < -0.3 is 5.32 Å². The Labute approximate surface area is 89.5 Å². The molecule has 0 aliphatic rings. The first-order valence-electron chi connectivity index (χ1n) is 5.30. The van der Waals surface area contributed by atoms with Crippen molar-refractivity contribution in [3.63, 3.8) is 0 Å². The molecule has 1 N–H and O–H groups in total. The van der Waals surface area contributed by atoms with E-state index in [2.05, 4.69) is 19.2 Å². The van der Waals surface area contributed by atoms with Crippen molar-refractivity contribution in [2.24, 2.45) is 0 Å². The van der Waals surface area contributed by atoms with Gasteiger partial charge in [-0.1, -0.05) is 13.0 Å². The largest absolute Gasteiger partial charge is 0.314 e. The Bertz CT molecular complexity index is 312. The van der Waals surface area contributed by atoms with Crippen LogP contribution in [0, 0.1) is 11.6 Å². The molecule has 0 heterocycles. The van der Waals surface area contributed by atoms with Crippen LogP contribution in [-0.4, -0.2) is 12.6 Å². The van der Waals surface area contributed by atoms with Crippen LogP contribution in [0.1, 0.15) is 25.8 Å². The van der Waals surface area contributed by atoms with Crippen LogP contribution in [0.25, 0.3) is 0 Å². The van der Waals surface area contributed by atoms with Gasteiger partial charge in [-0.25, -0.2) is 8.78 Å². The van der Waals surface area contributed by atoms with Gasteiger partial charge in [0, 0.05) is 6.04 Å². The van der Waals surface area contributed by atoms with Gasteiger partial charge in [-0.3, -0.25) is 0 Å². The maximum absolute atomic E-state index is 12.8. The van der Waals surface area contributed by atoms with E-state index >= 15 is 0 Å². The smallest absolute Gasteiger partial charge is 0.159 e. The fourth-order valence-electron chi connectivity index (χ4n) is 1.30. The lowest BCUT2D eigenvalue weighted by Crippen LogP contribution is -2.27. The number of halogens is 2. The first kappa shape index (κ1) is 12.1. The molecule has 0 aromatic heterocycles. The SMILES string of the molecule is CCC(C)NCCc1ccc(F)c(F)c1. The molecular weight excluding hydrogens is 196 g/mol. The molecule has 0 saturated carbocycles. The Morgan fingerprint density at radius 3 is 2.60 bits per heavy atom. The quantitative estimate of drug-likeness (QED) is 0.793. The normalized spacial score (nSPS) is 12.8. The second-order valence-electron chi connectivity index (χ2n) is 3.76. The Kier molecular flexibility index (Phi) is 4.69. The molecule has 0 bridgehead atoms. The third-order valence-electron chi connectivity index (χ3n) is 2.50. The lowest BCUT2D eigenvalue weighted by molar-refractivity contribution is 0.504. The third kappa shape index (κ3) is 3.96. The molecule has 3 heteroatoms. The molecule has 0 radical (unpaired) electrons. The summed E-state index contributed by atoms with van der Waals surface area (Å²) < 4.78 is 25.4. The summed E-state index contributed by atoms with van der Waals surface area (Å²) >= 11 is 0. The van der Waals surface area contributed by atoms with Crippen LogP contribution < -0.4 is 5.32 Å². The highest BCUT2D eigenvalue weighted by atomic mass is 19.2. The molecular formula is C12H17F2N. The summed E-state index contributed by atoms with van der Waals surface area (Å²) in [4.78, 5) is 0. The first-order valence-corrected chi connectivity index (χ1v) is 5.30. The van der Waals surface area contributed by atoms with Crippen LogP contribution in [0.4, 0.5) is 8.78 Å². The molecule has 15 heavy (non-hydrogen) atoms.